The Morgan fingerprint density at radius 3 is 2.23 bits per heavy atom. The second-order valence-electron chi connectivity index (χ2n) is 7.78. The van der Waals surface area contributed by atoms with E-state index in [1.807, 2.05) is 12.1 Å². The van der Waals surface area contributed by atoms with Crippen LogP contribution in [0.25, 0.3) is 0 Å². The van der Waals surface area contributed by atoms with Crippen LogP contribution in [0.3, 0.4) is 0 Å². The summed E-state index contributed by atoms with van der Waals surface area (Å²) in [5, 5.41) is 3.09. The maximum Gasteiger partial charge on any atom is 0.251 e. The highest BCUT2D eigenvalue weighted by atomic mass is 35.5. The molecule has 2 aromatic carbocycles. The van der Waals surface area contributed by atoms with Crippen LogP contribution in [-0.2, 0) is 23.1 Å². The Bertz CT molecular complexity index is 1000. The molecular formula is C22H29ClN4O3S. The van der Waals surface area contributed by atoms with Gasteiger partial charge in [0, 0.05) is 44.8 Å². The Kier molecular flexibility index (Phi) is 7.94. The Morgan fingerprint density at radius 2 is 1.61 bits per heavy atom. The number of carbonyl (C=O) groups is 1. The lowest BCUT2D eigenvalue weighted by Crippen LogP contribution is -2.45. The first kappa shape index (κ1) is 23.5. The van der Waals surface area contributed by atoms with Crippen molar-refractivity contribution in [3.8, 4) is 0 Å². The molecule has 168 valence electrons. The summed E-state index contributed by atoms with van der Waals surface area (Å²) >= 11 is 6.01. The van der Waals surface area contributed by atoms with Crippen molar-refractivity contribution < 1.29 is 13.2 Å². The lowest BCUT2D eigenvalue weighted by atomic mass is 10.1. The molecule has 7 nitrogen and oxygen atoms in total. The molecule has 0 saturated carbocycles. The standard InChI is InChI=1S/C22H29ClN4O3S/c1-3-26-10-12-27(13-11-26)16-18-6-4-17(5-7-18)15-24-22(28)19-8-9-20(23)21(14-19)25-31(2,29)30/h4-9,14,25H,3,10-13,15-16H2,1-2H3,(H,24,28). The summed E-state index contributed by atoms with van der Waals surface area (Å²) in [4.78, 5) is 17.4. The highest BCUT2D eigenvalue weighted by Crippen LogP contribution is 2.24. The molecule has 0 atom stereocenters. The van der Waals surface area contributed by atoms with Crippen LogP contribution >= 0.6 is 11.6 Å². The molecule has 31 heavy (non-hydrogen) atoms. The molecule has 0 radical (unpaired) electrons. The predicted octanol–water partition coefficient (Wildman–Crippen LogP) is 2.78. The van der Waals surface area contributed by atoms with Gasteiger partial charge in [0.05, 0.1) is 17.0 Å². The normalized spacial score (nSPS) is 15.6. The number of piperazine rings is 1. The van der Waals surface area contributed by atoms with Gasteiger partial charge in [0.15, 0.2) is 0 Å². The largest absolute Gasteiger partial charge is 0.348 e. The Morgan fingerprint density at radius 1 is 1.00 bits per heavy atom. The minimum absolute atomic E-state index is 0.181. The number of sulfonamides is 1. The molecule has 0 aromatic heterocycles. The first-order valence-electron chi connectivity index (χ1n) is 10.3. The number of nitrogens with zero attached hydrogens (tertiary/aromatic N) is 2. The zero-order valence-electron chi connectivity index (χ0n) is 17.9. The molecule has 2 aromatic rings. The first-order chi connectivity index (χ1) is 14.7. The molecule has 9 heteroatoms. The summed E-state index contributed by atoms with van der Waals surface area (Å²) in [7, 11) is -3.49. The number of hydrogen-bond donors (Lipinski definition) is 2. The van der Waals surface area contributed by atoms with E-state index in [-0.39, 0.29) is 16.6 Å². The Balaban J connectivity index is 1.53. The predicted molar refractivity (Wildman–Crippen MR) is 125 cm³/mol. The van der Waals surface area contributed by atoms with Gasteiger partial charge in [-0.3, -0.25) is 14.4 Å². The van der Waals surface area contributed by atoms with Crippen LogP contribution in [0, 0.1) is 0 Å². The molecule has 0 unspecified atom stereocenters. The van der Waals surface area contributed by atoms with Gasteiger partial charge < -0.3 is 10.2 Å². The third-order valence-corrected chi connectivity index (χ3v) is 6.24. The number of carbonyl (C=O) groups excluding carboxylic acids is 1. The van der Waals surface area contributed by atoms with E-state index in [9.17, 15) is 13.2 Å². The van der Waals surface area contributed by atoms with Crippen molar-refractivity contribution in [2.75, 3.05) is 43.7 Å². The molecule has 1 heterocycles. The van der Waals surface area contributed by atoms with Crippen molar-refractivity contribution in [2.24, 2.45) is 0 Å². The van der Waals surface area contributed by atoms with E-state index in [0.717, 1.165) is 51.1 Å². The third-order valence-electron chi connectivity index (χ3n) is 5.32. The van der Waals surface area contributed by atoms with Crippen molar-refractivity contribution >= 4 is 33.2 Å². The number of amides is 1. The van der Waals surface area contributed by atoms with Gasteiger partial charge in [-0.1, -0.05) is 42.8 Å². The van der Waals surface area contributed by atoms with Crippen molar-refractivity contribution in [2.45, 2.75) is 20.0 Å². The number of hydrogen-bond acceptors (Lipinski definition) is 5. The van der Waals surface area contributed by atoms with Gasteiger partial charge in [-0.15, -0.1) is 0 Å². The summed E-state index contributed by atoms with van der Waals surface area (Å²) in [6.07, 6.45) is 1.03. The summed E-state index contributed by atoms with van der Waals surface area (Å²) in [5.74, 6) is -0.300. The minimum atomic E-state index is -3.49. The fourth-order valence-corrected chi connectivity index (χ4v) is 4.30. The summed E-state index contributed by atoms with van der Waals surface area (Å²) < 4.78 is 25.2. The van der Waals surface area contributed by atoms with Gasteiger partial charge in [0.2, 0.25) is 10.0 Å². The smallest absolute Gasteiger partial charge is 0.251 e. The quantitative estimate of drug-likeness (QED) is 0.627. The molecule has 1 aliphatic heterocycles. The summed E-state index contributed by atoms with van der Waals surface area (Å²) in [6.45, 7) is 9.04. The SMILES string of the molecule is CCN1CCN(Cc2ccc(CNC(=O)c3ccc(Cl)c(NS(C)(=O)=O)c3)cc2)CC1. The second kappa shape index (κ2) is 10.5. The van der Waals surface area contributed by atoms with Crippen molar-refractivity contribution in [3.05, 3.63) is 64.2 Å². The van der Waals surface area contributed by atoms with Gasteiger partial charge in [-0.25, -0.2) is 8.42 Å². The van der Waals surface area contributed by atoms with E-state index in [4.69, 9.17) is 11.6 Å². The van der Waals surface area contributed by atoms with E-state index in [1.54, 1.807) is 6.07 Å². The van der Waals surface area contributed by atoms with Crippen LogP contribution < -0.4 is 10.0 Å². The maximum absolute atomic E-state index is 12.5. The maximum atomic E-state index is 12.5. The Labute approximate surface area is 189 Å². The lowest BCUT2D eigenvalue weighted by molar-refractivity contribution is 0.0951. The topological polar surface area (TPSA) is 81.8 Å². The number of likely N-dealkylation sites (N-methyl/N-ethyl adjacent to an activating group) is 1. The summed E-state index contributed by atoms with van der Waals surface area (Å²) in [6, 6.07) is 12.7. The Hall–Kier alpha value is -2.13. The average Bonchev–Trinajstić information content (AvgIpc) is 2.74. The van der Waals surface area contributed by atoms with Crippen molar-refractivity contribution in [3.63, 3.8) is 0 Å². The first-order valence-corrected chi connectivity index (χ1v) is 12.6. The number of benzene rings is 2. The van der Waals surface area contributed by atoms with E-state index < -0.39 is 10.0 Å². The molecule has 3 rings (SSSR count). The van der Waals surface area contributed by atoms with E-state index in [1.165, 1.54) is 17.7 Å². The molecule has 0 bridgehead atoms. The molecule has 1 amide bonds. The fraction of sp³-hybridized carbons (Fsp3) is 0.409. The van der Waals surface area contributed by atoms with Gasteiger partial charge in [0.1, 0.15) is 0 Å². The van der Waals surface area contributed by atoms with E-state index in [2.05, 4.69) is 38.9 Å². The lowest BCUT2D eigenvalue weighted by Gasteiger charge is -2.34. The number of rotatable bonds is 8. The molecule has 1 saturated heterocycles. The highest BCUT2D eigenvalue weighted by molar-refractivity contribution is 7.92. The monoisotopic (exact) mass is 464 g/mol. The molecule has 1 aliphatic rings. The van der Waals surface area contributed by atoms with Crippen molar-refractivity contribution in [1.29, 1.82) is 0 Å². The third kappa shape index (κ3) is 7.21. The van der Waals surface area contributed by atoms with Crippen LogP contribution in [0.4, 0.5) is 5.69 Å². The van der Waals surface area contributed by atoms with Gasteiger partial charge in [-0.2, -0.15) is 0 Å². The number of anilines is 1. The molecule has 0 aliphatic carbocycles. The zero-order valence-corrected chi connectivity index (χ0v) is 19.5. The highest BCUT2D eigenvalue weighted by Gasteiger charge is 2.15. The van der Waals surface area contributed by atoms with Crippen LogP contribution in [0.15, 0.2) is 42.5 Å². The number of halogens is 1. The molecule has 0 spiro atoms. The van der Waals surface area contributed by atoms with Crippen LogP contribution in [0.1, 0.15) is 28.4 Å². The van der Waals surface area contributed by atoms with Crippen molar-refractivity contribution in [1.82, 2.24) is 15.1 Å². The van der Waals surface area contributed by atoms with Gasteiger partial charge in [-0.05, 0) is 35.9 Å². The minimum Gasteiger partial charge on any atom is -0.348 e. The van der Waals surface area contributed by atoms with E-state index >= 15 is 0 Å². The van der Waals surface area contributed by atoms with Gasteiger partial charge in [0.25, 0.3) is 5.91 Å². The fourth-order valence-electron chi connectivity index (χ4n) is 3.51. The number of nitrogens with one attached hydrogen (secondary N) is 2. The van der Waals surface area contributed by atoms with Crippen LogP contribution in [-0.4, -0.2) is 63.1 Å². The van der Waals surface area contributed by atoms with Crippen LogP contribution in [0.5, 0.6) is 0 Å². The molecule has 2 N–H and O–H groups in total. The zero-order chi connectivity index (χ0) is 22.4. The van der Waals surface area contributed by atoms with Gasteiger partial charge >= 0.3 is 0 Å². The van der Waals surface area contributed by atoms with Crippen LogP contribution in [0.2, 0.25) is 5.02 Å². The molecule has 1 fully saturated rings. The second-order valence-corrected chi connectivity index (χ2v) is 9.93. The molecular weight excluding hydrogens is 436 g/mol. The van der Waals surface area contributed by atoms with E-state index in [0.29, 0.717) is 12.1 Å². The average molecular weight is 465 g/mol. The summed E-state index contributed by atoms with van der Waals surface area (Å²) in [5.41, 5.74) is 2.77.